The first-order valence-electron chi connectivity index (χ1n) is 5.49. The Morgan fingerprint density at radius 2 is 2.25 bits per heavy atom. The van der Waals surface area contributed by atoms with Crippen molar-refractivity contribution in [1.29, 1.82) is 0 Å². The van der Waals surface area contributed by atoms with E-state index in [9.17, 15) is 9.18 Å². The Hall–Kier alpha value is -2.41. The van der Waals surface area contributed by atoms with Crippen molar-refractivity contribution in [3.8, 4) is 0 Å². The van der Waals surface area contributed by atoms with Gasteiger partial charge in [-0.15, -0.1) is 0 Å². The third-order valence-electron chi connectivity index (χ3n) is 2.50. The summed E-state index contributed by atoms with van der Waals surface area (Å²) >= 11 is 5.59. The highest BCUT2D eigenvalue weighted by Gasteiger charge is 2.10. The average Bonchev–Trinajstić information content (AvgIpc) is 2.42. The molecule has 104 valence electrons. The van der Waals surface area contributed by atoms with Gasteiger partial charge in [-0.1, -0.05) is 6.07 Å². The van der Waals surface area contributed by atoms with Crippen LogP contribution in [0.5, 0.6) is 0 Å². The van der Waals surface area contributed by atoms with E-state index in [1.165, 1.54) is 7.05 Å². The fourth-order valence-corrected chi connectivity index (χ4v) is 1.61. The van der Waals surface area contributed by atoms with Gasteiger partial charge in [-0.2, -0.15) is 4.98 Å². The van der Waals surface area contributed by atoms with Crippen molar-refractivity contribution in [2.24, 2.45) is 0 Å². The lowest BCUT2D eigenvalue weighted by Gasteiger charge is -2.14. The third kappa shape index (κ3) is 3.12. The molecule has 0 bridgehead atoms. The minimum absolute atomic E-state index is 0.0832. The van der Waals surface area contributed by atoms with Crippen LogP contribution in [0.1, 0.15) is 0 Å². The Morgan fingerprint density at radius 3 is 2.95 bits per heavy atom. The number of benzene rings is 1. The molecule has 0 aliphatic rings. The molecule has 1 aromatic heterocycles. The first-order chi connectivity index (χ1) is 9.47. The quantitative estimate of drug-likeness (QED) is 0.851. The van der Waals surface area contributed by atoms with Crippen molar-refractivity contribution in [2.75, 3.05) is 17.3 Å². The molecule has 2 rings (SSSR count). The molecule has 0 spiro atoms. The summed E-state index contributed by atoms with van der Waals surface area (Å²) in [7, 11) is 1.41. The Kier molecular flexibility index (Phi) is 3.99. The first-order valence-corrected chi connectivity index (χ1v) is 5.87. The zero-order chi connectivity index (χ0) is 14.7. The molecule has 2 N–H and O–H groups in total. The minimum Gasteiger partial charge on any atom is -0.465 e. The van der Waals surface area contributed by atoms with Gasteiger partial charge in [0.05, 0.1) is 6.20 Å². The van der Waals surface area contributed by atoms with Crippen LogP contribution in [0, 0.1) is 5.82 Å². The van der Waals surface area contributed by atoms with Gasteiger partial charge in [0, 0.05) is 18.4 Å². The molecule has 1 aromatic carbocycles. The molecule has 0 radical (unpaired) electrons. The lowest BCUT2D eigenvalue weighted by molar-refractivity contribution is 0.203. The summed E-state index contributed by atoms with van der Waals surface area (Å²) < 4.78 is 13.5. The van der Waals surface area contributed by atoms with Crippen LogP contribution in [-0.2, 0) is 0 Å². The van der Waals surface area contributed by atoms with Gasteiger partial charge in [0.15, 0.2) is 11.6 Å². The second kappa shape index (κ2) is 5.70. The second-order valence-electron chi connectivity index (χ2n) is 3.85. The van der Waals surface area contributed by atoms with Crippen LogP contribution in [0.2, 0.25) is 5.28 Å². The number of anilines is 3. The highest BCUT2D eigenvalue weighted by molar-refractivity contribution is 6.28. The predicted octanol–water partition coefficient (Wildman–Crippen LogP) is 3.13. The van der Waals surface area contributed by atoms with E-state index in [0.29, 0.717) is 11.4 Å². The zero-order valence-electron chi connectivity index (χ0n) is 10.3. The van der Waals surface area contributed by atoms with Crippen molar-refractivity contribution in [1.82, 2.24) is 9.97 Å². The van der Waals surface area contributed by atoms with Crippen LogP contribution < -0.4 is 10.2 Å². The van der Waals surface area contributed by atoms with Crippen molar-refractivity contribution in [3.63, 3.8) is 0 Å². The van der Waals surface area contributed by atoms with Crippen LogP contribution in [0.15, 0.2) is 30.5 Å². The van der Waals surface area contributed by atoms with Crippen LogP contribution in [0.3, 0.4) is 0 Å². The van der Waals surface area contributed by atoms with Gasteiger partial charge >= 0.3 is 6.09 Å². The molecular weight excluding hydrogens is 287 g/mol. The smallest absolute Gasteiger partial charge is 0.411 e. The number of halogens is 2. The fraction of sp³-hybridized carbons (Fsp3) is 0.0833. The molecule has 1 heterocycles. The number of nitrogens with zero attached hydrogens (tertiary/aromatic N) is 3. The number of nitrogens with one attached hydrogen (secondary N) is 1. The first kappa shape index (κ1) is 14.0. The summed E-state index contributed by atoms with van der Waals surface area (Å²) in [6, 6.07) is 6.44. The number of amides is 1. The molecule has 0 atom stereocenters. The lowest BCUT2D eigenvalue weighted by atomic mass is 10.2. The number of aromatic nitrogens is 2. The molecule has 0 aliphatic carbocycles. The van der Waals surface area contributed by atoms with E-state index in [2.05, 4.69) is 15.3 Å². The summed E-state index contributed by atoms with van der Waals surface area (Å²) in [6.07, 6.45) is -0.149. The van der Waals surface area contributed by atoms with Crippen LogP contribution in [0.4, 0.5) is 26.4 Å². The van der Waals surface area contributed by atoms with Crippen molar-refractivity contribution in [2.45, 2.75) is 0 Å². The number of rotatable bonds is 3. The van der Waals surface area contributed by atoms with E-state index in [-0.39, 0.29) is 11.1 Å². The second-order valence-corrected chi connectivity index (χ2v) is 4.19. The highest BCUT2D eigenvalue weighted by atomic mass is 35.5. The van der Waals surface area contributed by atoms with E-state index >= 15 is 0 Å². The predicted molar refractivity (Wildman–Crippen MR) is 73.2 cm³/mol. The van der Waals surface area contributed by atoms with E-state index in [1.54, 1.807) is 24.3 Å². The molecule has 2 aromatic rings. The van der Waals surface area contributed by atoms with Crippen LogP contribution >= 0.6 is 11.6 Å². The maximum absolute atomic E-state index is 13.5. The average molecular weight is 297 g/mol. The minimum atomic E-state index is -1.10. The van der Waals surface area contributed by atoms with E-state index in [0.717, 1.165) is 11.1 Å². The lowest BCUT2D eigenvalue weighted by Crippen LogP contribution is -2.23. The van der Waals surface area contributed by atoms with Gasteiger partial charge in [-0.05, 0) is 29.8 Å². The van der Waals surface area contributed by atoms with Crippen molar-refractivity contribution in [3.05, 3.63) is 41.6 Å². The summed E-state index contributed by atoms with van der Waals surface area (Å²) in [6.45, 7) is 0. The zero-order valence-corrected chi connectivity index (χ0v) is 11.1. The molecular formula is C12H10ClFN4O2. The monoisotopic (exact) mass is 296 g/mol. The maximum atomic E-state index is 13.5. The fourth-order valence-electron chi connectivity index (χ4n) is 1.47. The summed E-state index contributed by atoms with van der Waals surface area (Å²) in [5, 5.41) is 11.5. The maximum Gasteiger partial charge on any atom is 0.411 e. The topological polar surface area (TPSA) is 78.4 Å². The Bertz CT molecular complexity index is 653. The van der Waals surface area contributed by atoms with Gasteiger partial charge < -0.3 is 10.4 Å². The highest BCUT2D eigenvalue weighted by Crippen LogP contribution is 2.23. The molecule has 1 amide bonds. The van der Waals surface area contributed by atoms with E-state index in [1.807, 2.05) is 0 Å². The van der Waals surface area contributed by atoms with Crippen LogP contribution in [0.25, 0.3) is 0 Å². The Labute approximate surface area is 118 Å². The standard InChI is InChI=1S/C12H10ClFN4O2/c1-18(12(19)20)8-4-2-3-7(5-8)16-10-9(14)6-15-11(13)17-10/h2-6H,1H3,(H,19,20)(H,15,16,17). The summed E-state index contributed by atoms with van der Waals surface area (Å²) in [4.78, 5) is 19.1. The van der Waals surface area contributed by atoms with Gasteiger partial charge in [0.25, 0.3) is 0 Å². The summed E-state index contributed by atoms with van der Waals surface area (Å²) in [5.74, 6) is -0.744. The SMILES string of the molecule is CN(C(=O)O)c1cccc(Nc2nc(Cl)ncc2F)c1. The number of hydrogen-bond acceptors (Lipinski definition) is 4. The normalized spacial score (nSPS) is 10.2. The molecule has 0 saturated carbocycles. The van der Waals surface area contributed by atoms with Gasteiger partial charge in [-0.25, -0.2) is 14.2 Å². The molecule has 0 saturated heterocycles. The van der Waals surface area contributed by atoms with E-state index in [4.69, 9.17) is 16.7 Å². The van der Waals surface area contributed by atoms with Crippen LogP contribution in [-0.4, -0.2) is 28.2 Å². The molecule has 6 nitrogen and oxygen atoms in total. The largest absolute Gasteiger partial charge is 0.465 e. The van der Waals surface area contributed by atoms with Crippen molar-refractivity contribution < 1.29 is 14.3 Å². The van der Waals surface area contributed by atoms with Gasteiger partial charge in [0.2, 0.25) is 5.28 Å². The third-order valence-corrected chi connectivity index (χ3v) is 2.68. The summed E-state index contributed by atoms with van der Waals surface area (Å²) in [5.41, 5.74) is 0.910. The Balaban J connectivity index is 2.28. The molecule has 8 heteroatoms. The number of carboxylic acid groups (broad SMARTS) is 1. The number of carbonyl (C=O) groups is 1. The van der Waals surface area contributed by atoms with Gasteiger partial charge in [-0.3, -0.25) is 4.90 Å². The van der Waals surface area contributed by atoms with Gasteiger partial charge in [0.1, 0.15) is 0 Å². The Morgan fingerprint density at radius 1 is 1.50 bits per heavy atom. The molecule has 20 heavy (non-hydrogen) atoms. The molecule has 0 aliphatic heterocycles. The molecule has 0 fully saturated rings. The van der Waals surface area contributed by atoms with E-state index < -0.39 is 11.9 Å². The molecule has 0 unspecified atom stereocenters. The number of hydrogen-bond donors (Lipinski definition) is 2. The van der Waals surface area contributed by atoms with Crippen molar-refractivity contribution >= 4 is 34.9 Å².